The smallest absolute Gasteiger partial charge is 0.330 e. The first kappa shape index (κ1) is 15.7. The van der Waals surface area contributed by atoms with Crippen LogP contribution in [-0.4, -0.2) is 12.3 Å². The fraction of sp³-hybridized carbons (Fsp3) is 0.500. The zero-order valence-electron chi connectivity index (χ0n) is 10.7. The van der Waals surface area contributed by atoms with Crippen molar-refractivity contribution in [2.75, 3.05) is 6.54 Å². The number of rotatable bonds is 7. The van der Waals surface area contributed by atoms with Gasteiger partial charge in [-0.3, -0.25) is 4.79 Å². The molecule has 5 heteroatoms. The van der Waals surface area contributed by atoms with Gasteiger partial charge in [0.1, 0.15) is 5.78 Å². The van der Waals surface area contributed by atoms with Crippen molar-refractivity contribution in [1.29, 1.82) is 0 Å². The monoisotopic (exact) mass is 273 g/mol. The van der Waals surface area contributed by atoms with Crippen molar-refractivity contribution in [3.63, 3.8) is 0 Å². The van der Waals surface area contributed by atoms with Crippen molar-refractivity contribution in [3.8, 4) is 0 Å². The summed E-state index contributed by atoms with van der Waals surface area (Å²) >= 11 is 0. The number of halogens is 3. The van der Waals surface area contributed by atoms with Gasteiger partial charge < -0.3 is 5.73 Å². The lowest BCUT2D eigenvalue weighted by molar-refractivity contribution is -0.137. The fourth-order valence-electron chi connectivity index (χ4n) is 1.82. The molecule has 106 valence electrons. The number of benzene rings is 1. The molecule has 0 atom stereocenters. The highest BCUT2D eigenvalue weighted by atomic mass is 19.4. The number of hydrogen-bond acceptors (Lipinski definition) is 2. The first-order valence-electron chi connectivity index (χ1n) is 6.31. The molecule has 0 aromatic heterocycles. The highest BCUT2D eigenvalue weighted by Gasteiger charge is 2.30. The van der Waals surface area contributed by atoms with Crippen LogP contribution in [0.1, 0.15) is 36.8 Å². The van der Waals surface area contributed by atoms with E-state index in [0.29, 0.717) is 18.5 Å². The number of carbonyl (C=O) groups is 1. The molecule has 2 N–H and O–H groups in total. The predicted octanol–water partition coefficient (Wildman–Crippen LogP) is 3.34. The topological polar surface area (TPSA) is 43.1 Å². The van der Waals surface area contributed by atoms with Gasteiger partial charge in [-0.15, -0.1) is 0 Å². The highest BCUT2D eigenvalue weighted by molar-refractivity contribution is 5.80. The van der Waals surface area contributed by atoms with Crippen molar-refractivity contribution in [2.45, 2.75) is 38.3 Å². The Morgan fingerprint density at radius 2 is 1.89 bits per heavy atom. The second-order valence-corrected chi connectivity index (χ2v) is 4.51. The molecule has 0 heterocycles. The number of Topliss-reactive ketones (excluding diaryl/α,β-unsaturated/α-hetero) is 1. The molecule has 1 aromatic rings. The number of hydrogen-bond donors (Lipinski definition) is 1. The normalized spacial score (nSPS) is 11.6. The van der Waals surface area contributed by atoms with E-state index in [0.717, 1.165) is 31.4 Å². The van der Waals surface area contributed by atoms with E-state index in [4.69, 9.17) is 5.73 Å². The van der Waals surface area contributed by atoms with Crippen molar-refractivity contribution < 1.29 is 18.0 Å². The molecule has 0 fully saturated rings. The minimum atomic E-state index is -4.36. The molecule has 2 nitrogen and oxygen atoms in total. The number of nitrogens with two attached hydrogens (primary N) is 1. The summed E-state index contributed by atoms with van der Waals surface area (Å²) in [5, 5.41) is 0. The summed E-state index contributed by atoms with van der Waals surface area (Å²) in [6.45, 7) is 0.599. The Morgan fingerprint density at radius 1 is 1.16 bits per heavy atom. The van der Waals surface area contributed by atoms with Crippen LogP contribution in [0.25, 0.3) is 0 Å². The molecular formula is C14H18F3NO. The zero-order chi connectivity index (χ0) is 14.3. The maximum absolute atomic E-state index is 12.5. The molecule has 0 radical (unpaired) electrons. The Hall–Kier alpha value is -1.36. The molecule has 0 amide bonds. The maximum atomic E-state index is 12.5. The molecule has 0 aliphatic carbocycles. The average Bonchev–Trinajstić information content (AvgIpc) is 2.34. The predicted molar refractivity (Wildman–Crippen MR) is 67.7 cm³/mol. The van der Waals surface area contributed by atoms with Crippen molar-refractivity contribution in [2.24, 2.45) is 5.73 Å². The summed E-state index contributed by atoms with van der Waals surface area (Å²) in [4.78, 5) is 11.6. The molecule has 0 bridgehead atoms. The van der Waals surface area contributed by atoms with Gasteiger partial charge in [-0.05, 0) is 31.0 Å². The van der Waals surface area contributed by atoms with Gasteiger partial charge in [0.05, 0.1) is 5.56 Å². The lowest BCUT2D eigenvalue weighted by atomic mass is 10.0. The van der Waals surface area contributed by atoms with Crippen LogP contribution >= 0.6 is 0 Å². The summed E-state index contributed by atoms with van der Waals surface area (Å²) in [6.07, 6.45) is -1.40. The summed E-state index contributed by atoms with van der Waals surface area (Å²) in [7, 11) is 0. The molecule has 0 spiro atoms. The minimum Gasteiger partial charge on any atom is -0.330 e. The van der Waals surface area contributed by atoms with Crippen LogP contribution in [0, 0.1) is 0 Å². The fourth-order valence-corrected chi connectivity index (χ4v) is 1.82. The second-order valence-electron chi connectivity index (χ2n) is 4.51. The summed E-state index contributed by atoms with van der Waals surface area (Å²) < 4.78 is 37.5. The molecule has 19 heavy (non-hydrogen) atoms. The first-order valence-corrected chi connectivity index (χ1v) is 6.31. The highest BCUT2D eigenvalue weighted by Crippen LogP contribution is 2.29. The molecular weight excluding hydrogens is 255 g/mol. The van der Waals surface area contributed by atoms with Crippen LogP contribution in [0.5, 0.6) is 0 Å². The molecule has 0 unspecified atom stereocenters. The van der Waals surface area contributed by atoms with E-state index >= 15 is 0 Å². The van der Waals surface area contributed by atoms with Crippen molar-refractivity contribution in [1.82, 2.24) is 0 Å². The van der Waals surface area contributed by atoms with Gasteiger partial charge >= 0.3 is 6.18 Å². The number of unbranched alkanes of at least 4 members (excludes halogenated alkanes) is 2. The summed E-state index contributed by atoms with van der Waals surface area (Å²) in [5.74, 6) is -0.0312. The largest absolute Gasteiger partial charge is 0.416 e. The number of ketones is 1. The van der Waals surface area contributed by atoms with Gasteiger partial charge in [0.25, 0.3) is 0 Å². The van der Waals surface area contributed by atoms with Crippen molar-refractivity contribution in [3.05, 3.63) is 35.4 Å². The lowest BCUT2D eigenvalue weighted by Gasteiger charge is -2.08. The lowest BCUT2D eigenvalue weighted by Crippen LogP contribution is -2.08. The van der Waals surface area contributed by atoms with E-state index < -0.39 is 11.7 Å². The Kier molecular flexibility index (Phi) is 6.02. The van der Waals surface area contributed by atoms with Gasteiger partial charge in [0.15, 0.2) is 0 Å². The maximum Gasteiger partial charge on any atom is 0.416 e. The third kappa shape index (κ3) is 5.87. The quantitative estimate of drug-likeness (QED) is 0.774. The van der Waals surface area contributed by atoms with Crippen LogP contribution in [0.2, 0.25) is 0 Å². The van der Waals surface area contributed by atoms with E-state index in [9.17, 15) is 18.0 Å². The van der Waals surface area contributed by atoms with Gasteiger partial charge in [0, 0.05) is 12.8 Å². The van der Waals surface area contributed by atoms with E-state index in [2.05, 4.69) is 0 Å². The molecule has 0 aliphatic rings. The van der Waals surface area contributed by atoms with Gasteiger partial charge in [0.2, 0.25) is 0 Å². The third-order valence-electron chi connectivity index (χ3n) is 2.82. The third-order valence-corrected chi connectivity index (χ3v) is 2.82. The summed E-state index contributed by atoms with van der Waals surface area (Å²) in [5.41, 5.74) is 5.04. The van der Waals surface area contributed by atoms with E-state index in [-0.39, 0.29) is 12.2 Å². The van der Waals surface area contributed by atoms with Gasteiger partial charge in [-0.2, -0.15) is 13.2 Å². The number of alkyl halides is 3. The Balaban J connectivity index is 2.50. The Bertz CT molecular complexity index is 415. The molecule has 1 rings (SSSR count). The Morgan fingerprint density at radius 3 is 2.53 bits per heavy atom. The molecule has 0 saturated carbocycles. The molecule has 1 aromatic carbocycles. The number of carbonyl (C=O) groups excluding carboxylic acids is 1. The van der Waals surface area contributed by atoms with Crippen molar-refractivity contribution >= 4 is 5.78 Å². The second kappa shape index (κ2) is 7.28. The minimum absolute atomic E-state index is 0.0312. The molecule has 0 aliphatic heterocycles. The van der Waals surface area contributed by atoms with E-state index in [1.54, 1.807) is 6.07 Å². The summed E-state index contributed by atoms with van der Waals surface area (Å²) in [6, 6.07) is 4.93. The van der Waals surface area contributed by atoms with E-state index in [1.807, 2.05) is 0 Å². The standard InChI is InChI=1S/C14H18F3NO/c15-14(16,17)12-6-4-5-11(9-12)10-13(19)7-2-1-3-8-18/h4-6,9H,1-3,7-8,10,18H2. The zero-order valence-corrected chi connectivity index (χ0v) is 10.7. The molecule has 0 saturated heterocycles. The van der Waals surface area contributed by atoms with Crippen LogP contribution in [0.3, 0.4) is 0 Å². The van der Waals surface area contributed by atoms with Gasteiger partial charge in [-0.1, -0.05) is 24.6 Å². The van der Waals surface area contributed by atoms with Crippen LogP contribution in [0.4, 0.5) is 13.2 Å². The van der Waals surface area contributed by atoms with Crippen LogP contribution < -0.4 is 5.73 Å². The SMILES string of the molecule is NCCCCCC(=O)Cc1cccc(C(F)(F)F)c1. The van der Waals surface area contributed by atoms with Crippen LogP contribution in [-0.2, 0) is 17.4 Å². The van der Waals surface area contributed by atoms with E-state index in [1.165, 1.54) is 6.07 Å². The average molecular weight is 273 g/mol. The van der Waals surface area contributed by atoms with Crippen LogP contribution in [0.15, 0.2) is 24.3 Å². The first-order chi connectivity index (χ1) is 8.93. The van der Waals surface area contributed by atoms with Gasteiger partial charge in [-0.25, -0.2) is 0 Å². The Labute approximate surface area is 110 Å².